The fourth-order valence-electron chi connectivity index (χ4n) is 2.94. The third-order valence-electron chi connectivity index (χ3n) is 4.72. The Labute approximate surface area is 193 Å². The number of hydrogen-bond acceptors (Lipinski definition) is 7. The van der Waals surface area contributed by atoms with Gasteiger partial charge in [-0.1, -0.05) is 27.7 Å². The van der Waals surface area contributed by atoms with Crippen molar-refractivity contribution in [3.8, 4) is 0 Å². The Morgan fingerprint density at radius 2 is 1.69 bits per heavy atom. The van der Waals surface area contributed by atoms with Gasteiger partial charge in [-0.2, -0.15) is 12.6 Å². The average Bonchev–Trinajstić information content (AvgIpc) is 3.21. The highest BCUT2D eigenvalue weighted by molar-refractivity contribution is 7.80. The molecular formula is C20H34N6O5S. The van der Waals surface area contributed by atoms with Crippen molar-refractivity contribution in [2.24, 2.45) is 17.6 Å². The lowest BCUT2D eigenvalue weighted by Crippen LogP contribution is -2.59. The van der Waals surface area contributed by atoms with Crippen LogP contribution in [0.3, 0.4) is 0 Å². The van der Waals surface area contributed by atoms with Gasteiger partial charge in [0.05, 0.1) is 12.4 Å². The van der Waals surface area contributed by atoms with E-state index < -0.39 is 47.9 Å². The van der Waals surface area contributed by atoms with Gasteiger partial charge in [-0.05, 0) is 18.3 Å². The number of carboxylic acids is 1. The Morgan fingerprint density at radius 1 is 1.06 bits per heavy atom. The number of nitrogens with two attached hydrogens (primary N) is 1. The Kier molecular flexibility index (Phi) is 11.2. The molecule has 0 fully saturated rings. The maximum atomic E-state index is 12.7. The molecule has 0 radical (unpaired) electrons. The Bertz CT molecular complexity index is 771. The van der Waals surface area contributed by atoms with E-state index in [-0.39, 0.29) is 30.4 Å². The highest BCUT2D eigenvalue weighted by Gasteiger charge is 2.31. The molecule has 1 aromatic heterocycles. The molecule has 0 bridgehead atoms. The van der Waals surface area contributed by atoms with E-state index in [4.69, 9.17) is 5.73 Å². The lowest BCUT2D eigenvalue weighted by atomic mass is 10.00. The van der Waals surface area contributed by atoms with Crippen LogP contribution in [0.4, 0.5) is 0 Å². The third-order valence-corrected chi connectivity index (χ3v) is 5.08. The molecule has 180 valence electrons. The number of carbonyl (C=O) groups is 4. The van der Waals surface area contributed by atoms with Crippen molar-refractivity contribution in [3.05, 3.63) is 18.2 Å². The van der Waals surface area contributed by atoms with Crippen molar-refractivity contribution >= 4 is 36.3 Å². The summed E-state index contributed by atoms with van der Waals surface area (Å²) >= 11 is 4.12. The average molecular weight is 471 g/mol. The van der Waals surface area contributed by atoms with E-state index in [0.717, 1.165) is 0 Å². The maximum Gasteiger partial charge on any atom is 0.326 e. The fourth-order valence-corrected chi connectivity index (χ4v) is 3.20. The molecule has 7 N–H and O–H groups in total. The van der Waals surface area contributed by atoms with Crippen LogP contribution >= 0.6 is 12.6 Å². The molecule has 0 saturated carbocycles. The predicted octanol–water partition coefficient (Wildman–Crippen LogP) is -0.550. The summed E-state index contributed by atoms with van der Waals surface area (Å²) in [7, 11) is 0. The lowest BCUT2D eigenvalue weighted by molar-refractivity contribution is -0.143. The van der Waals surface area contributed by atoms with Crippen LogP contribution in [0.1, 0.15) is 39.8 Å². The topological polar surface area (TPSA) is 179 Å². The van der Waals surface area contributed by atoms with E-state index >= 15 is 0 Å². The molecule has 0 aliphatic carbocycles. The number of nitrogens with one attached hydrogen (secondary N) is 4. The quantitative estimate of drug-likeness (QED) is 0.189. The van der Waals surface area contributed by atoms with E-state index in [9.17, 15) is 24.3 Å². The first-order chi connectivity index (χ1) is 15.0. The first-order valence-electron chi connectivity index (χ1n) is 10.4. The van der Waals surface area contributed by atoms with E-state index in [1.54, 1.807) is 20.0 Å². The molecule has 1 aromatic rings. The highest BCUT2D eigenvalue weighted by Crippen LogP contribution is 2.08. The largest absolute Gasteiger partial charge is 0.480 e. The maximum absolute atomic E-state index is 12.7. The number of aromatic nitrogens is 2. The minimum atomic E-state index is -1.15. The van der Waals surface area contributed by atoms with Gasteiger partial charge in [-0.15, -0.1) is 0 Å². The molecule has 1 rings (SSSR count). The van der Waals surface area contributed by atoms with Crippen molar-refractivity contribution < 1.29 is 24.3 Å². The van der Waals surface area contributed by atoms with Crippen LogP contribution in [0.25, 0.3) is 0 Å². The molecule has 0 spiro atoms. The van der Waals surface area contributed by atoms with E-state index in [1.165, 1.54) is 6.33 Å². The fraction of sp³-hybridized carbons (Fsp3) is 0.650. The summed E-state index contributed by atoms with van der Waals surface area (Å²) in [5.74, 6) is -3.22. The number of carboxylic acid groups (broad SMARTS) is 1. The highest BCUT2D eigenvalue weighted by atomic mass is 32.1. The summed E-state index contributed by atoms with van der Waals surface area (Å²) in [4.78, 5) is 56.0. The number of aliphatic carboxylic acids is 1. The summed E-state index contributed by atoms with van der Waals surface area (Å²) in [6.45, 7) is 7.14. The molecule has 3 amide bonds. The second-order valence-corrected chi connectivity index (χ2v) is 8.76. The molecule has 4 atom stereocenters. The zero-order valence-corrected chi connectivity index (χ0v) is 19.7. The van der Waals surface area contributed by atoms with Crippen LogP contribution in [0.15, 0.2) is 12.5 Å². The van der Waals surface area contributed by atoms with Gasteiger partial charge in [0.15, 0.2) is 0 Å². The van der Waals surface area contributed by atoms with Gasteiger partial charge in [-0.25, -0.2) is 9.78 Å². The summed E-state index contributed by atoms with van der Waals surface area (Å²) < 4.78 is 0. The molecule has 1 heterocycles. The number of aromatic amines is 1. The molecule has 0 aliphatic rings. The number of H-pyrrole nitrogens is 1. The van der Waals surface area contributed by atoms with Crippen LogP contribution in [0.5, 0.6) is 0 Å². The minimum Gasteiger partial charge on any atom is -0.480 e. The first-order valence-corrected chi connectivity index (χ1v) is 11.1. The van der Waals surface area contributed by atoms with Gasteiger partial charge in [0.2, 0.25) is 17.7 Å². The number of thiol groups is 1. The van der Waals surface area contributed by atoms with Crippen LogP contribution < -0.4 is 21.7 Å². The zero-order valence-electron chi connectivity index (χ0n) is 18.8. The number of hydrogen-bond donors (Lipinski definition) is 7. The van der Waals surface area contributed by atoms with Gasteiger partial charge in [0.1, 0.15) is 18.1 Å². The van der Waals surface area contributed by atoms with E-state index in [2.05, 4.69) is 38.5 Å². The number of amides is 3. The van der Waals surface area contributed by atoms with Crippen LogP contribution in [0, 0.1) is 11.8 Å². The molecule has 4 unspecified atom stereocenters. The standard InChI is InChI=1S/C20H34N6O5S/c1-10(2)5-14(20(30)31)24-19(29)16(11(3)4)26-18(28)15(8-32)25-17(27)13(21)6-12-7-22-9-23-12/h7,9-11,13-16,32H,5-6,8,21H2,1-4H3,(H,22,23)(H,24,29)(H,25,27)(H,26,28)(H,30,31). The summed E-state index contributed by atoms with van der Waals surface area (Å²) in [5.41, 5.74) is 6.57. The molecule has 0 saturated heterocycles. The van der Waals surface area contributed by atoms with Gasteiger partial charge < -0.3 is 31.8 Å². The normalized spacial score (nSPS) is 15.0. The molecule has 0 aliphatic heterocycles. The van der Waals surface area contributed by atoms with Gasteiger partial charge in [0.25, 0.3) is 0 Å². The molecule has 11 nitrogen and oxygen atoms in total. The van der Waals surface area contributed by atoms with E-state index in [0.29, 0.717) is 5.69 Å². The number of imidazole rings is 1. The SMILES string of the molecule is CC(C)CC(NC(=O)C(NC(=O)C(CS)NC(=O)C(N)Cc1cnc[nH]1)C(C)C)C(=O)O. The lowest BCUT2D eigenvalue weighted by Gasteiger charge is -2.27. The first kappa shape index (κ1) is 27.4. The molecule has 12 heteroatoms. The predicted molar refractivity (Wildman–Crippen MR) is 122 cm³/mol. The van der Waals surface area contributed by atoms with Crippen LogP contribution in [0.2, 0.25) is 0 Å². The summed E-state index contributed by atoms with van der Waals surface area (Å²) in [5, 5.41) is 17.0. The monoisotopic (exact) mass is 470 g/mol. The van der Waals surface area contributed by atoms with E-state index in [1.807, 2.05) is 13.8 Å². The molecule has 32 heavy (non-hydrogen) atoms. The Morgan fingerprint density at radius 3 is 2.16 bits per heavy atom. The number of carbonyl (C=O) groups excluding carboxylic acids is 3. The molecule has 0 aromatic carbocycles. The van der Waals surface area contributed by atoms with Crippen molar-refractivity contribution in [1.82, 2.24) is 25.9 Å². The second kappa shape index (κ2) is 13.1. The number of nitrogens with zero attached hydrogens (tertiary/aromatic N) is 1. The Balaban J connectivity index is 2.77. The smallest absolute Gasteiger partial charge is 0.326 e. The van der Waals surface area contributed by atoms with Gasteiger partial charge in [0, 0.05) is 24.1 Å². The van der Waals surface area contributed by atoms with Gasteiger partial charge in [-0.3, -0.25) is 14.4 Å². The van der Waals surface area contributed by atoms with Crippen molar-refractivity contribution in [2.75, 3.05) is 5.75 Å². The van der Waals surface area contributed by atoms with Crippen molar-refractivity contribution in [1.29, 1.82) is 0 Å². The summed E-state index contributed by atoms with van der Waals surface area (Å²) in [6, 6.07) is -4.00. The second-order valence-electron chi connectivity index (χ2n) is 8.39. The van der Waals surface area contributed by atoms with Gasteiger partial charge >= 0.3 is 5.97 Å². The minimum absolute atomic E-state index is 0.0219. The third kappa shape index (κ3) is 8.87. The zero-order chi connectivity index (χ0) is 24.4. The van der Waals surface area contributed by atoms with Crippen molar-refractivity contribution in [3.63, 3.8) is 0 Å². The van der Waals surface area contributed by atoms with Crippen LogP contribution in [-0.2, 0) is 25.6 Å². The molecular weight excluding hydrogens is 436 g/mol. The Hall–Kier alpha value is -2.60. The van der Waals surface area contributed by atoms with Crippen molar-refractivity contribution in [2.45, 2.75) is 64.7 Å². The summed E-state index contributed by atoms with van der Waals surface area (Å²) in [6.07, 6.45) is 3.47. The van der Waals surface area contributed by atoms with Crippen LogP contribution in [-0.4, -0.2) is 68.7 Å². The number of rotatable bonds is 13.